The molecule has 3 aromatic rings. The van der Waals surface area contributed by atoms with Crippen LogP contribution in [0.15, 0.2) is 48.5 Å². The fourth-order valence-corrected chi connectivity index (χ4v) is 8.05. The van der Waals surface area contributed by atoms with Gasteiger partial charge in [0.25, 0.3) is 5.91 Å². The van der Waals surface area contributed by atoms with E-state index in [1.54, 1.807) is 6.07 Å². The van der Waals surface area contributed by atoms with E-state index in [0.717, 1.165) is 52.9 Å². The van der Waals surface area contributed by atoms with Gasteiger partial charge in [-0.05, 0) is 111 Å². The van der Waals surface area contributed by atoms with Gasteiger partial charge in [0, 0.05) is 46.1 Å². The molecule has 4 bridgehead atoms. The predicted molar refractivity (Wildman–Crippen MR) is 152 cm³/mol. The molecule has 1 amide bonds. The predicted octanol–water partition coefficient (Wildman–Crippen LogP) is 7.56. The van der Waals surface area contributed by atoms with Crippen molar-refractivity contribution in [2.45, 2.75) is 45.1 Å². The number of hydrogen-bond acceptors (Lipinski definition) is 2. The quantitative estimate of drug-likeness (QED) is 0.295. The smallest absolute Gasteiger partial charge is 0.253 e. The minimum atomic E-state index is -0.0802. The van der Waals surface area contributed by atoms with E-state index >= 15 is 0 Å². The lowest BCUT2D eigenvalue weighted by Crippen LogP contribution is -2.55. The topological polar surface area (TPSA) is 46.1 Å². The molecule has 4 saturated carbocycles. The summed E-state index contributed by atoms with van der Waals surface area (Å²) in [6, 6.07) is 15.5. The van der Waals surface area contributed by atoms with E-state index in [2.05, 4.69) is 10.6 Å². The number of carbonyl (C=O) groups is 1. The summed E-state index contributed by atoms with van der Waals surface area (Å²) >= 11 is 18.9. The molecule has 7 heteroatoms. The van der Waals surface area contributed by atoms with Crippen molar-refractivity contribution in [1.82, 2.24) is 15.2 Å². The second kappa shape index (κ2) is 10.3. The van der Waals surface area contributed by atoms with E-state index < -0.39 is 0 Å². The van der Waals surface area contributed by atoms with Crippen LogP contribution >= 0.6 is 34.8 Å². The molecule has 4 fully saturated rings. The molecule has 0 atom stereocenters. The van der Waals surface area contributed by atoms with Crippen LogP contribution in [-0.4, -0.2) is 29.6 Å². The lowest BCUT2D eigenvalue weighted by atomic mass is 9.54. The van der Waals surface area contributed by atoms with Crippen LogP contribution in [0.1, 0.15) is 48.2 Å². The summed E-state index contributed by atoms with van der Waals surface area (Å²) in [5, 5.41) is 8.72. The van der Waals surface area contributed by atoms with E-state index in [9.17, 15) is 4.79 Å². The van der Waals surface area contributed by atoms with Crippen molar-refractivity contribution in [3.8, 4) is 16.9 Å². The molecule has 0 spiro atoms. The zero-order valence-electron chi connectivity index (χ0n) is 20.9. The number of benzene rings is 2. The molecule has 4 aliphatic rings. The summed E-state index contributed by atoms with van der Waals surface area (Å²) < 4.78 is 2.05. The Morgan fingerprint density at radius 1 is 0.865 bits per heavy atom. The number of amides is 1. The number of rotatable bonds is 7. The van der Waals surface area contributed by atoms with Gasteiger partial charge in [0.1, 0.15) is 0 Å². The normalized spacial score (nSPS) is 26.0. The number of aromatic nitrogens is 1. The van der Waals surface area contributed by atoms with Gasteiger partial charge in [-0.2, -0.15) is 0 Å². The van der Waals surface area contributed by atoms with Gasteiger partial charge in [-0.3, -0.25) is 4.79 Å². The highest BCUT2D eigenvalue weighted by molar-refractivity contribution is 6.36. The molecule has 2 aromatic carbocycles. The second-order valence-electron chi connectivity index (χ2n) is 11.1. The summed E-state index contributed by atoms with van der Waals surface area (Å²) in [4.78, 5) is 13.4. The molecule has 7 rings (SSSR count). The van der Waals surface area contributed by atoms with Crippen LogP contribution in [0.4, 0.5) is 0 Å². The average Bonchev–Trinajstić information content (AvgIpc) is 3.20. The molecule has 0 unspecified atom stereocenters. The molecule has 194 valence electrons. The van der Waals surface area contributed by atoms with E-state index in [1.165, 1.54) is 32.1 Å². The maximum atomic E-state index is 13.4. The van der Waals surface area contributed by atoms with E-state index in [0.29, 0.717) is 33.2 Å². The molecular weight excluding hydrogens is 525 g/mol. The molecule has 0 radical (unpaired) electrons. The minimum Gasteiger partial charge on any atom is -0.351 e. The summed E-state index contributed by atoms with van der Waals surface area (Å²) in [7, 11) is 0. The van der Waals surface area contributed by atoms with Crippen molar-refractivity contribution < 1.29 is 4.79 Å². The maximum Gasteiger partial charge on any atom is 0.253 e. The Hall–Kier alpha value is -1.98. The first-order valence-electron chi connectivity index (χ1n) is 13.3. The fraction of sp³-hybridized carbons (Fsp3) is 0.433. The zero-order chi connectivity index (χ0) is 25.7. The van der Waals surface area contributed by atoms with Crippen molar-refractivity contribution in [3.63, 3.8) is 0 Å². The van der Waals surface area contributed by atoms with Crippen molar-refractivity contribution in [3.05, 3.63) is 74.9 Å². The Bertz CT molecular complexity index is 1290. The first-order valence-corrected chi connectivity index (χ1v) is 14.5. The third-order valence-corrected chi connectivity index (χ3v) is 9.60. The molecule has 1 aromatic heterocycles. The number of carbonyl (C=O) groups excluding carboxylic acids is 1. The van der Waals surface area contributed by atoms with Gasteiger partial charge >= 0.3 is 0 Å². The Balaban J connectivity index is 1.19. The highest BCUT2D eigenvalue weighted by Crippen LogP contribution is 2.53. The van der Waals surface area contributed by atoms with Crippen LogP contribution in [-0.2, 0) is 0 Å². The molecular formula is C30H32Cl3N3O. The van der Waals surface area contributed by atoms with E-state index in [-0.39, 0.29) is 5.91 Å². The number of nitrogens with zero attached hydrogens (tertiary/aromatic N) is 1. The molecule has 1 heterocycles. The van der Waals surface area contributed by atoms with Crippen molar-refractivity contribution >= 4 is 40.7 Å². The van der Waals surface area contributed by atoms with Crippen LogP contribution in [0.5, 0.6) is 0 Å². The lowest BCUT2D eigenvalue weighted by Gasteiger charge is -2.54. The highest BCUT2D eigenvalue weighted by Gasteiger charge is 2.47. The van der Waals surface area contributed by atoms with Gasteiger partial charge in [0.05, 0.1) is 16.3 Å². The summed E-state index contributed by atoms with van der Waals surface area (Å²) in [5.74, 6) is 3.51. The number of hydrogen-bond donors (Lipinski definition) is 2. The third kappa shape index (κ3) is 4.94. The third-order valence-electron chi connectivity index (χ3n) is 8.80. The first-order chi connectivity index (χ1) is 17.9. The molecule has 0 aliphatic heterocycles. The fourth-order valence-electron chi connectivity index (χ4n) is 7.42. The van der Waals surface area contributed by atoms with Gasteiger partial charge in [-0.1, -0.05) is 34.8 Å². The van der Waals surface area contributed by atoms with Crippen molar-refractivity contribution in [2.75, 3.05) is 13.1 Å². The summed E-state index contributed by atoms with van der Waals surface area (Å²) in [6.45, 7) is 3.36. The van der Waals surface area contributed by atoms with Gasteiger partial charge in [-0.25, -0.2) is 0 Å². The van der Waals surface area contributed by atoms with Crippen LogP contribution in [0.2, 0.25) is 15.1 Å². The van der Waals surface area contributed by atoms with Crippen LogP contribution in [0.3, 0.4) is 0 Å². The van der Waals surface area contributed by atoms with Gasteiger partial charge in [-0.15, -0.1) is 0 Å². The van der Waals surface area contributed by atoms with Crippen molar-refractivity contribution in [2.24, 2.45) is 23.7 Å². The Morgan fingerprint density at radius 3 is 2.16 bits per heavy atom. The summed E-state index contributed by atoms with van der Waals surface area (Å²) in [6.07, 6.45) is 7.04. The highest BCUT2D eigenvalue weighted by atomic mass is 35.5. The second-order valence-corrected chi connectivity index (χ2v) is 12.4. The Morgan fingerprint density at radius 2 is 1.51 bits per heavy atom. The molecule has 4 aliphatic carbocycles. The Labute approximate surface area is 233 Å². The maximum absolute atomic E-state index is 13.4. The van der Waals surface area contributed by atoms with Gasteiger partial charge in [0.15, 0.2) is 0 Å². The molecule has 2 N–H and O–H groups in total. The van der Waals surface area contributed by atoms with Crippen molar-refractivity contribution in [1.29, 1.82) is 0 Å². The minimum absolute atomic E-state index is 0.0802. The summed E-state index contributed by atoms with van der Waals surface area (Å²) in [5.41, 5.74) is 4.02. The van der Waals surface area contributed by atoms with Gasteiger partial charge < -0.3 is 15.2 Å². The van der Waals surface area contributed by atoms with Crippen LogP contribution in [0.25, 0.3) is 16.9 Å². The van der Waals surface area contributed by atoms with E-state index in [1.807, 2.05) is 54.0 Å². The van der Waals surface area contributed by atoms with Crippen LogP contribution in [0, 0.1) is 30.6 Å². The Kier molecular flexibility index (Phi) is 7.04. The van der Waals surface area contributed by atoms with Crippen LogP contribution < -0.4 is 10.6 Å². The zero-order valence-corrected chi connectivity index (χ0v) is 23.2. The lowest BCUT2D eigenvalue weighted by molar-refractivity contribution is -0.0133. The number of nitrogens with one attached hydrogen (secondary N) is 2. The SMILES string of the molecule is Cc1c(C(=O)NCCNC2C3CC4CC(C3)CC2C4)cc(-c2ccc(Cl)cc2Cl)n1-c1ccc(Cl)cc1. The number of halogens is 3. The van der Waals surface area contributed by atoms with E-state index in [4.69, 9.17) is 34.8 Å². The molecule has 0 saturated heterocycles. The largest absolute Gasteiger partial charge is 0.351 e. The molecule has 4 nitrogen and oxygen atoms in total. The van der Waals surface area contributed by atoms with Gasteiger partial charge in [0.2, 0.25) is 0 Å². The average molecular weight is 557 g/mol. The standard InChI is InChI=1S/C30H32Cl3N3O/c1-17-26(30(37)35-9-8-34-29-20-11-18-10-19(13-20)14-21(29)12-18)16-28(25-7-4-23(32)15-27(25)33)36(17)24-5-2-22(31)3-6-24/h2-7,15-16,18-21,29,34H,8-14H2,1H3,(H,35,37). The molecule has 37 heavy (non-hydrogen) atoms. The monoisotopic (exact) mass is 555 g/mol. The first kappa shape index (κ1) is 25.3.